The van der Waals surface area contributed by atoms with E-state index in [0.717, 1.165) is 32.9 Å². The van der Waals surface area contributed by atoms with Crippen LogP contribution >= 0.6 is 35.0 Å². The summed E-state index contributed by atoms with van der Waals surface area (Å²) in [5.74, 6) is 0. The lowest BCUT2D eigenvalue weighted by molar-refractivity contribution is 0.199. The first-order chi connectivity index (χ1) is 10.2. The molecule has 5 heteroatoms. The summed E-state index contributed by atoms with van der Waals surface area (Å²) >= 11 is 14.0. The Kier molecular flexibility index (Phi) is 6.87. The lowest BCUT2D eigenvalue weighted by Gasteiger charge is -2.11. The summed E-state index contributed by atoms with van der Waals surface area (Å²) in [7, 11) is 1.70. The van der Waals surface area contributed by atoms with Crippen LogP contribution in [-0.2, 0) is 11.3 Å². The highest BCUT2D eigenvalue weighted by molar-refractivity contribution is 7.99. The van der Waals surface area contributed by atoms with Crippen molar-refractivity contribution in [3.63, 3.8) is 0 Å². The van der Waals surface area contributed by atoms with Gasteiger partial charge in [-0.25, -0.2) is 0 Å². The molecule has 0 fully saturated rings. The molecule has 0 saturated heterocycles. The first kappa shape index (κ1) is 16.7. The molecule has 0 aliphatic rings. The zero-order valence-corrected chi connectivity index (χ0v) is 14.1. The van der Waals surface area contributed by atoms with E-state index in [-0.39, 0.29) is 0 Å². The van der Waals surface area contributed by atoms with Gasteiger partial charge >= 0.3 is 0 Å². The lowest BCUT2D eigenvalue weighted by atomic mass is 10.2. The molecular formula is C16H17Cl2NOS. The van der Waals surface area contributed by atoms with Crippen LogP contribution in [0.2, 0.25) is 10.0 Å². The average Bonchev–Trinajstić information content (AvgIpc) is 2.48. The quantitative estimate of drug-likeness (QED) is 0.725. The molecule has 2 aromatic rings. The van der Waals surface area contributed by atoms with Gasteiger partial charge in [0.2, 0.25) is 0 Å². The van der Waals surface area contributed by atoms with Crippen molar-refractivity contribution in [2.45, 2.75) is 16.3 Å². The van der Waals surface area contributed by atoms with Gasteiger partial charge in [-0.15, -0.1) is 0 Å². The molecule has 0 unspecified atom stereocenters. The molecule has 0 aliphatic carbocycles. The van der Waals surface area contributed by atoms with Gasteiger partial charge in [-0.05, 0) is 29.8 Å². The van der Waals surface area contributed by atoms with E-state index < -0.39 is 0 Å². The van der Waals surface area contributed by atoms with Crippen molar-refractivity contribution < 1.29 is 4.74 Å². The maximum absolute atomic E-state index is 6.23. The van der Waals surface area contributed by atoms with Crippen LogP contribution in [-0.4, -0.2) is 20.3 Å². The Hall–Kier alpha value is -0.710. The van der Waals surface area contributed by atoms with Crippen molar-refractivity contribution >= 4 is 35.0 Å². The van der Waals surface area contributed by atoms with Gasteiger partial charge in [0.1, 0.15) is 0 Å². The van der Waals surface area contributed by atoms with Crippen molar-refractivity contribution in [3.05, 3.63) is 58.1 Å². The van der Waals surface area contributed by atoms with Gasteiger partial charge in [-0.1, -0.05) is 53.2 Å². The van der Waals surface area contributed by atoms with E-state index in [9.17, 15) is 0 Å². The second-order valence-corrected chi connectivity index (χ2v) is 6.38. The van der Waals surface area contributed by atoms with Gasteiger partial charge in [0.15, 0.2) is 0 Å². The number of ether oxygens (including phenoxy) is 1. The fraction of sp³-hybridized carbons (Fsp3) is 0.250. The molecule has 0 radical (unpaired) electrons. The summed E-state index contributed by atoms with van der Waals surface area (Å²) in [5, 5.41) is 4.83. The summed E-state index contributed by atoms with van der Waals surface area (Å²) in [5.41, 5.74) is 1.19. The monoisotopic (exact) mass is 341 g/mol. The fourth-order valence-corrected chi connectivity index (χ4v) is 3.31. The topological polar surface area (TPSA) is 21.3 Å². The summed E-state index contributed by atoms with van der Waals surface area (Å²) < 4.78 is 5.03. The van der Waals surface area contributed by atoms with Gasteiger partial charge in [0, 0.05) is 35.0 Å². The number of hydrogen-bond acceptors (Lipinski definition) is 3. The second kappa shape index (κ2) is 8.66. The first-order valence-electron chi connectivity index (χ1n) is 6.61. The van der Waals surface area contributed by atoms with Crippen LogP contribution in [0.15, 0.2) is 52.3 Å². The van der Waals surface area contributed by atoms with Gasteiger partial charge in [-0.2, -0.15) is 0 Å². The number of benzene rings is 2. The summed E-state index contributed by atoms with van der Waals surface area (Å²) in [6.45, 7) is 2.28. The first-order valence-corrected chi connectivity index (χ1v) is 8.18. The number of methoxy groups -OCH3 is 1. The van der Waals surface area contributed by atoms with E-state index >= 15 is 0 Å². The predicted molar refractivity (Wildman–Crippen MR) is 90.6 cm³/mol. The predicted octanol–water partition coefficient (Wildman–Crippen LogP) is 4.88. The minimum Gasteiger partial charge on any atom is -0.383 e. The third-order valence-electron chi connectivity index (χ3n) is 2.88. The number of nitrogens with one attached hydrogen (secondary N) is 1. The van der Waals surface area contributed by atoms with Gasteiger partial charge < -0.3 is 10.1 Å². The molecule has 0 aromatic heterocycles. The molecule has 0 heterocycles. The van der Waals surface area contributed by atoms with Crippen LogP contribution in [0.1, 0.15) is 5.56 Å². The maximum Gasteiger partial charge on any atom is 0.0587 e. The maximum atomic E-state index is 6.23. The third-order valence-corrected chi connectivity index (χ3v) is 4.74. The van der Waals surface area contributed by atoms with E-state index in [2.05, 4.69) is 5.32 Å². The highest BCUT2D eigenvalue weighted by Crippen LogP contribution is 2.36. The van der Waals surface area contributed by atoms with E-state index in [4.69, 9.17) is 27.9 Å². The Morgan fingerprint density at radius 2 is 1.90 bits per heavy atom. The van der Waals surface area contributed by atoms with Crippen LogP contribution in [0.4, 0.5) is 0 Å². The van der Waals surface area contributed by atoms with Crippen molar-refractivity contribution in [3.8, 4) is 0 Å². The van der Waals surface area contributed by atoms with Crippen LogP contribution in [0, 0.1) is 0 Å². The minimum atomic E-state index is 0.695. The van der Waals surface area contributed by atoms with E-state index in [1.165, 1.54) is 5.56 Å². The molecule has 2 nitrogen and oxygen atoms in total. The van der Waals surface area contributed by atoms with Crippen LogP contribution in [0.5, 0.6) is 0 Å². The molecule has 0 atom stereocenters. The Labute approximate surface area is 139 Å². The Bertz CT molecular complexity index is 592. The van der Waals surface area contributed by atoms with Crippen molar-refractivity contribution in [1.82, 2.24) is 5.32 Å². The SMILES string of the molecule is COCCNCc1ccc(Cl)cc1Sc1ccccc1Cl. The molecule has 2 rings (SSSR count). The Morgan fingerprint density at radius 1 is 1.10 bits per heavy atom. The molecule has 2 aromatic carbocycles. The zero-order valence-electron chi connectivity index (χ0n) is 11.7. The molecule has 0 amide bonds. The molecule has 21 heavy (non-hydrogen) atoms. The van der Waals surface area contributed by atoms with Gasteiger partial charge in [0.25, 0.3) is 0 Å². The van der Waals surface area contributed by atoms with Crippen molar-refractivity contribution in [2.75, 3.05) is 20.3 Å². The summed E-state index contributed by atoms with van der Waals surface area (Å²) in [6, 6.07) is 13.7. The zero-order chi connectivity index (χ0) is 15.1. The number of hydrogen-bond donors (Lipinski definition) is 1. The standard InChI is InChI=1S/C16H17Cl2NOS/c1-20-9-8-19-11-12-6-7-13(17)10-16(12)21-15-5-3-2-4-14(15)18/h2-7,10,19H,8-9,11H2,1H3. The second-order valence-electron chi connectivity index (χ2n) is 4.45. The summed E-state index contributed by atoms with van der Waals surface area (Å²) in [6.07, 6.45) is 0. The molecule has 0 spiro atoms. The minimum absolute atomic E-state index is 0.695. The average molecular weight is 342 g/mol. The highest BCUT2D eigenvalue weighted by Gasteiger charge is 2.08. The largest absolute Gasteiger partial charge is 0.383 e. The number of rotatable bonds is 7. The molecular weight excluding hydrogens is 325 g/mol. The highest BCUT2D eigenvalue weighted by atomic mass is 35.5. The van der Waals surface area contributed by atoms with Crippen LogP contribution in [0.25, 0.3) is 0 Å². The van der Waals surface area contributed by atoms with Crippen molar-refractivity contribution in [1.29, 1.82) is 0 Å². The summed E-state index contributed by atoms with van der Waals surface area (Å²) in [4.78, 5) is 2.14. The molecule has 1 N–H and O–H groups in total. The van der Waals surface area contributed by atoms with Crippen LogP contribution in [0.3, 0.4) is 0 Å². The molecule has 0 saturated carbocycles. The normalized spacial score (nSPS) is 10.8. The molecule has 0 bridgehead atoms. The van der Waals surface area contributed by atoms with Gasteiger partial charge in [0.05, 0.1) is 11.6 Å². The smallest absolute Gasteiger partial charge is 0.0587 e. The molecule has 0 aliphatic heterocycles. The van der Waals surface area contributed by atoms with E-state index in [1.807, 2.05) is 42.5 Å². The van der Waals surface area contributed by atoms with Crippen molar-refractivity contribution in [2.24, 2.45) is 0 Å². The van der Waals surface area contributed by atoms with E-state index in [0.29, 0.717) is 6.61 Å². The fourth-order valence-electron chi connectivity index (χ4n) is 1.81. The van der Waals surface area contributed by atoms with E-state index in [1.54, 1.807) is 18.9 Å². The lowest BCUT2D eigenvalue weighted by Crippen LogP contribution is -2.18. The Balaban J connectivity index is 2.13. The van der Waals surface area contributed by atoms with Gasteiger partial charge in [-0.3, -0.25) is 0 Å². The van der Waals surface area contributed by atoms with Crippen LogP contribution < -0.4 is 5.32 Å². The third kappa shape index (κ3) is 5.20. The molecule has 112 valence electrons. The Morgan fingerprint density at radius 3 is 2.67 bits per heavy atom. The number of halogens is 2.